The number of nitrogens with zero attached hydrogens (tertiary/aromatic N) is 1. The number of carbonyl (C=O) groups is 2. The Labute approximate surface area is 230 Å². The smallest absolute Gasteiger partial charge is 0.339 e. The topological polar surface area (TPSA) is 102 Å². The van der Waals surface area contributed by atoms with E-state index >= 15 is 0 Å². The van der Waals surface area contributed by atoms with Crippen molar-refractivity contribution in [1.82, 2.24) is 15.5 Å². The fraction of sp³-hybridized carbons (Fsp3) is 0.500. The van der Waals surface area contributed by atoms with Gasteiger partial charge in [-0.2, -0.15) is 0 Å². The second-order valence-corrected chi connectivity index (χ2v) is 11.3. The molecular weight excluding hydrogens is 531 g/mol. The number of benzene rings is 2. The molecule has 2 aromatic rings. The number of rotatable bonds is 12. The Kier molecular flexibility index (Phi) is 9.79. The molecule has 4 N–H and O–H groups in total. The Morgan fingerprint density at radius 3 is 2.51 bits per heavy atom. The van der Waals surface area contributed by atoms with Gasteiger partial charge in [-0.1, -0.05) is 19.4 Å². The van der Waals surface area contributed by atoms with Gasteiger partial charge >= 0.3 is 5.97 Å². The molecule has 1 heterocycles. The minimum atomic E-state index is -1.23. The van der Waals surface area contributed by atoms with E-state index in [9.17, 15) is 27.9 Å². The van der Waals surface area contributed by atoms with Crippen LogP contribution in [0.1, 0.15) is 54.1 Å². The highest BCUT2D eigenvalue weighted by molar-refractivity contribution is 8.00. The van der Waals surface area contributed by atoms with Gasteiger partial charge in [-0.25, -0.2) is 18.0 Å². The summed E-state index contributed by atoms with van der Waals surface area (Å²) in [7, 11) is 0. The van der Waals surface area contributed by atoms with Crippen molar-refractivity contribution in [3.05, 3.63) is 64.5 Å². The van der Waals surface area contributed by atoms with E-state index in [0.29, 0.717) is 30.5 Å². The van der Waals surface area contributed by atoms with Crippen LogP contribution in [0.25, 0.3) is 0 Å². The van der Waals surface area contributed by atoms with E-state index in [4.69, 9.17) is 5.11 Å². The van der Waals surface area contributed by atoms with Gasteiger partial charge in [0.1, 0.15) is 22.5 Å². The molecule has 1 saturated heterocycles. The molecule has 39 heavy (non-hydrogen) atoms. The number of likely N-dealkylation sites (N-methyl/N-ethyl adjacent to an activating group) is 1. The number of aromatic hydroxyl groups is 1. The second-order valence-electron chi connectivity index (χ2n) is 10.1. The van der Waals surface area contributed by atoms with Crippen molar-refractivity contribution in [2.75, 3.05) is 18.8 Å². The van der Waals surface area contributed by atoms with Gasteiger partial charge in [-0.15, -0.1) is 11.8 Å². The predicted molar refractivity (Wildman–Crippen MR) is 143 cm³/mol. The SMILES string of the molecule is CCNC(Cc1cc(F)c(F)cc1F)CC(C1CCC1)N1CCSC1C(=O)NCc1ccc(C(=O)O)c(O)c1. The highest BCUT2D eigenvalue weighted by Gasteiger charge is 2.41. The average Bonchev–Trinajstić information content (AvgIpc) is 3.34. The Bertz CT molecular complexity index is 1200. The molecule has 0 radical (unpaired) electrons. The van der Waals surface area contributed by atoms with Gasteiger partial charge in [0.2, 0.25) is 5.91 Å². The molecule has 4 rings (SSSR count). The molecule has 3 atom stereocenters. The molecule has 2 fully saturated rings. The minimum Gasteiger partial charge on any atom is -0.507 e. The quantitative estimate of drug-likeness (QED) is 0.285. The minimum absolute atomic E-state index is 0.0563. The number of carbonyl (C=O) groups excluding carboxylic acids is 1. The molecular formula is C28H34F3N3O4S. The third-order valence-corrected chi connectivity index (χ3v) is 8.82. The Morgan fingerprint density at radius 2 is 1.87 bits per heavy atom. The van der Waals surface area contributed by atoms with Crippen LogP contribution in [0.2, 0.25) is 0 Å². The van der Waals surface area contributed by atoms with Crippen molar-refractivity contribution in [1.29, 1.82) is 0 Å². The Hall–Kier alpha value is -2.76. The van der Waals surface area contributed by atoms with Crippen molar-refractivity contribution in [3.8, 4) is 5.75 Å². The third-order valence-electron chi connectivity index (χ3n) is 7.60. The molecule has 0 aromatic heterocycles. The molecule has 1 saturated carbocycles. The summed E-state index contributed by atoms with van der Waals surface area (Å²) >= 11 is 1.55. The standard InChI is InChI=1S/C28H34F3N3O4S/c1-2-32-19(11-18-12-22(30)23(31)14-21(18)29)13-24(17-4-3-5-17)34-8-9-39-27(34)26(36)33-15-16-6-7-20(28(37)38)25(35)10-16/h6-7,10,12,14,17,19,24,27,32,35H,2-5,8-9,11,13,15H2,1H3,(H,33,36)(H,37,38). The first-order chi connectivity index (χ1) is 18.7. The molecule has 7 nitrogen and oxygen atoms in total. The molecule has 212 valence electrons. The third kappa shape index (κ3) is 7.06. The molecule has 0 bridgehead atoms. The Balaban J connectivity index is 1.45. The first kappa shape index (κ1) is 29.2. The van der Waals surface area contributed by atoms with Gasteiger partial charge in [-0.05, 0) is 67.5 Å². The van der Waals surface area contributed by atoms with Crippen molar-refractivity contribution < 1.29 is 33.0 Å². The van der Waals surface area contributed by atoms with Crippen LogP contribution in [0, 0.1) is 23.4 Å². The number of carboxylic acids is 1. The van der Waals surface area contributed by atoms with E-state index < -0.39 is 28.8 Å². The number of thioether (sulfide) groups is 1. The number of aromatic carboxylic acids is 1. The van der Waals surface area contributed by atoms with Crippen molar-refractivity contribution in [3.63, 3.8) is 0 Å². The lowest BCUT2D eigenvalue weighted by Crippen LogP contribution is -2.52. The number of hydrogen-bond donors (Lipinski definition) is 4. The maximum atomic E-state index is 14.4. The molecule has 3 unspecified atom stereocenters. The van der Waals surface area contributed by atoms with E-state index in [1.165, 1.54) is 12.1 Å². The van der Waals surface area contributed by atoms with Gasteiger partial charge in [0.25, 0.3) is 0 Å². The van der Waals surface area contributed by atoms with Crippen LogP contribution in [-0.4, -0.2) is 63.3 Å². The number of nitrogens with one attached hydrogen (secondary N) is 2. The van der Waals surface area contributed by atoms with Crippen molar-refractivity contribution in [2.45, 2.75) is 63.0 Å². The maximum Gasteiger partial charge on any atom is 0.339 e. The summed E-state index contributed by atoms with van der Waals surface area (Å²) < 4.78 is 41.8. The monoisotopic (exact) mass is 565 g/mol. The van der Waals surface area contributed by atoms with Crippen LogP contribution < -0.4 is 10.6 Å². The zero-order valence-electron chi connectivity index (χ0n) is 21.8. The largest absolute Gasteiger partial charge is 0.507 e. The molecule has 0 spiro atoms. The summed E-state index contributed by atoms with van der Waals surface area (Å²) in [4.78, 5) is 26.6. The highest BCUT2D eigenvalue weighted by atomic mass is 32.2. The van der Waals surface area contributed by atoms with E-state index in [1.54, 1.807) is 17.8 Å². The number of hydrogen-bond acceptors (Lipinski definition) is 6. The second kappa shape index (κ2) is 13.1. The van der Waals surface area contributed by atoms with Crippen molar-refractivity contribution in [2.24, 2.45) is 5.92 Å². The zero-order chi connectivity index (χ0) is 28.1. The summed E-state index contributed by atoms with van der Waals surface area (Å²) in [5, 5.41) is 24.9. The Morgan fingerprint density at radius 1 is 1.13 bits per heavy atom. The lowest BCUT2D eigenvalue weighted by atomic mass is 9.76. The number of amides is 1. The summed E-state index contributed by atoms with van der Waals surface area (Å²) in [6.07, 6.45) is 4.01. The first-order valence-corrected chi connectivity index (χ1v) is 14.3. The fourth-order valence-electron chi connectivity index (χ4n) is 5.42. The van der Waals surface area contributed by atoms with Crippen LogP contribution in [0.3, 0.4) is 0 Å². The maximum absolute atomic E-state index is 14.4. The molecule has 1 aliphatic heterocycles. The number of phenols is 1. The van der Waals surface area contributed by atoms with Crippen LogP contribution in [0.5, 0.6) is 5.75 Å². The molecule has 1 amide bonds. The zero-order valence-corrected chi connectivity index (χ0v) is 22.6. The average molecular weight is 566 g/mol. The summed E-state index contributed by atoms with van der Waals surface area (Å²) in [5.74, 6) is -3.65. The van der Waals surface area contributed by atoms with Crippen LogP contribution >= 0.6 is 11.8 Å². The summed E-state index contributed by atoms with van der Waals surface area (Å²) in [6.45, 7) is 3.42. The number of halogens is 3. The normalized spacial score (nSPS) is 19.4. The van der Waals surface area contributed by atoms with Gasteiger partial charge < -0.3 is 20.8 Å². The molecule has 2 aromatic carbocycles. The lowest BCUT2D eigenvalue weighted by molar-refractivity contribution is -0.124. The lowest BCUT2D eigenvalue weighted by Gasteiger charge is -2.43. The summed E-state index contributed by atoms with van der Waals surface area (Å²) in [5.41, 5.74) is 0.496. The number of carboxylic acid groups (broad SMARTS) is 1. The van der Waals surface area contributed by atoms with Gasteiger partial charge in [-0.3, -0.25) is 9.69 Å². The van der Waals surface area contributed by atoms with Crippen LogP contribution in [0.15, 0.2) is 30.3 Å². The van der Waals surface area contributed by atoms with Gasteiger partial charge in [0, 0.05) is 37.0 Å². The van der Waals surface area contributed by atoms with E-state index in [0.717, 1.165) is 37.6 Å². The van der Waals surface area contributed by atoms with E-state index in [1.807, 2.05) is 6.92 Å². The predicted octanol–water partition coefficient (Wildman–Crippen LogP) is 4.28. The van der Waals surface area contributed by atoms with Gasteiger partial charge in [0.05, 0.1) is 0 Å². The highest BCUT2D eigenvalue weighted by Crippen LogP contribution is 2.39. The molecule has 1 aliphatic carbocycles. The fourth-order valence-corrected chi connectivity index (χ4v) is 6.65. The van der Waals surface area contributed by atoms with Crippen LogP contribution in [-0.2, 0) is 17.8 Å². The first-order valence-electron chi connectivity index (χ1n) is 13.2. The molecule has 11 heteroatoms. The summed E-state index contributed by atoms with van der Waals surface area (Å²) in [6, 6.07) is 5.57. The van der Waals surface area contributed by atoms with E-state index in [-0.39, 0.29) is 47.8 Å². The van der Waals surface area contributed by atoms with Gasteiger partial charge in [0.15, 0.2) is 11.6 Å². The van der Waals surface area contributed by atoms with E-state index in [2.05, 4.69) is 15.5 Å². The molecule has 2 aliphatic rings. The van der Waals surface area contributed by atoms with Crippen molar-refractivity contribution >= 4 is 23.6 Å². The van der Waals surface area contributed by atoms with Crippen LogP contribution in [0.4, 0.5) is 13.2 Å².